The van der Waals surface area contributed by atoms with Gasteiger partial charge in [0.1, 0.15) is 12.0 Å². The summed E-state index contributed by atoms with van der Waals surface area (Å²) in [6.07, 6.45) is -5.72. The van der Waals surface area contributed by atoms with Crippen molar-refractivity contribution in [3.63, 3.8) is 0 Å². The molecule has 0 spiro atoms. The second-order valence-electron chi connectivity index (χ2n) is 4.75. The fraction of sp³-hybridized carbons (Fsp3) is 0.462. The highest BCUT2D eigenvalue weighted by Gasteiger charge is 2.37. The molecule has 21 heavy (non-hydrogen) atoms. The number of piperidine rings is 1. The number of carbonyl (C=O) groups is 1. The summed E-state index contributed by atoms with van der Waals surface area (Å²) < 4.78 is 65.1. The van der Waals surface area contributed by atoms with Gasteiger partial charge in [-0.1, -0.05) is 0 Å². The summed E-state index contributed by atoms with van der Waals surface area (Å²) in [4.78, 5) is 13.4. The molecule has 1 aromatic carbocycles. The maximum Gasteiger partial charge on any atom is 0.419 e. The average Bonchev–Trinajstić information content (AvgIpc) is 2.37. The Kier molecular flexibility index (Phi) is 4.55. The predicted molar refractivity (Wildman–Crippen MR) is 69.1 cm³/mol. The Bertz CT molecular complexity index is 552. The van der Waals surface area contributed by atoms with E-state index in [0.717, 1.165) is 6.07 Å². The SMILES string of the molecule is O=C(c1c(Br)ccc(C(F)(F)F)c1F)N1CCC(F)CC1. The fourth-order valence-electron chi connectivity index (χ4n) is 2.18. The van der Waals surface area contributed by atoms with Gasteiger partial charge in [-0.2, -0.15) is 13.2 Å². The van der Waals surface area contributed by atoms with Gasteiger partial charge in [-0.3, -0.25) is 4.79 Å². The Morgan fingerprint density at radius 1 is 1.24 bits per heavy atom. The first-order valence-electron chi connectivity index (χ1n) is 6.20. The highest BCUT2D eigenvalue weighted by molar-refractivity contribution is 9.10. The maximum atomic E-state index is 14.0. The van der Waals surface area contributed by atoms with Crippen LogP contribution in [0.3, 0.4) is 0 Å². The third-order valence-corrected chi connectivity index (χ3v) is 3.98. The minimum atomic E-state index is -4.88. The van der Waals surface area contributed by atoms with E-state index in [9.17, 15) is 26.7 Å². The molecule has 1 fully saturated rings. The van der Waals surface area contributed by atoms with Crippen molar-refractivity contribution in [2.45, 2.75) is 25.2 Å². The van der Waals surface area contributed by atoms with Crippen LogP contribution in [0.5, 0.6) is 0 Å². The molecular weight excluding hydrogens is 361 g/mol. The lowest BCUT2D eigenvalue weighted by atomic mass is 10.0. The highest BCUT2D eigenvalue weighted by atomic mass is 79.9. The zero-order valence-corrected chi connectivity index (χ0v) is 12.3. The normalized spacial score (nSPS) is 17.1. The zero-order valence-electron chi connectivity index (χ0n) is 10.7. The standard InChI is InChI=1S/C13H11BrF5NO/c14-9-2-1-8(13(17,18)19)11(16)10(9)12(21)20-5-3-7(15)4-6-20/h1-2,7H,3-6H2. The largest absolute Gasteiger partial charge is 0.419 e. The fourth-order valence-corrected chi connectivity index (χ4v) is 2.65. The van der Waals surface area contributed by atoms with Crippen molar-refractivity contribution < 1.29 is 26.7 Å². The quantitative estimate of drug-likeness (QED) is 0.678. The van der Waals surface area contributed by atoms with Gasteiger partial charge in [-0.15, -0.1) is 0 Å². The lowest BCUT2D eigenvalue weighted by Gasteiger charge is -2.29. The van der Waals surface area contributed by atoms with Crippen molar-refractivity contribution in [2.75, 3.05) is 13.1 Å². The lowest BCUT2D eigenvalue weighted by Crippen LogP contribution is -2.39. The van der Waals surface area contributed by atoms with Crippen LogP contribution in [0.1, 0.15) is 28.8 Å². The van der Waals surface area contributed by atoms with Gasteiger partial charge in [0.05, 0.1) is 11.1 Å². The Labute approximate surface area is 126 Å². The van der Waals surface area contributed by atoms with Crippen LogP contribution >= 0.6 is 15.9 Å². The van der Waals surface area contributed by atoms with Gasteiger partial charge in [0, 0.05) is 17.6 Å². The minimum Gasteiger partial charge on any atom is -0.338 e. The number of benzene rings is 1. The van der Waals surface area contributed by atoms with Crippen LogP contribution < -0.4 is 0 Å². The van der Waals surface area contributed by atoms with Crippen LogP contribution in [0.4, 0.5) is 22.0 Å². The van der Waals surface area contributed by atoms with E-state index in [1.54, 1.807) is 0 Å². The summed E-state index contributed by atoms with van der Waals surface area (Å²) in [6, 6.07) is 1.56. The predicted octanol–water partition coefficient (Wildman–Crippen LogP) is 4.18. The van der Waals surface area contributed by atoms with Crippen LogP contribution in [0.25, 0.3) is 0 Å². The monoisotopic (exact) mass is 371 g/mol. The van der Waals surface area contributed by atoms with Crippen molar-refractivity contribution >= 4 is 21.8 Å². The van der Waals surface area contributed by atoms with E-state index in [1.165, 1.54) is 4.90 Å². The van der Waals surface area contributed by atoms with Crippen molar-refractivity contribution in [1.29, 1.82) is 0 Å². The van der Waals surface area contributed by atoms with Gasteiger partial charge in [-0.05, 0) is 40.9 Å². The number of hydrogen-bond donors (Lipinski definition) is 0. The number of halogens is 6. The van der Waals surface area contributed by atoms with Crippen molar-refractivity contribution in [1.82, 2.24) is 4.90 Å². The molecule has 1 saturated heterocycles. The number of hydrogen-bond acceptors (Lipinski definition) is 1. The maximum absolute atomic E-state index is 14.0. The molecule has 0 unspecified atom stereocenters. The molecule has 0 radical (unpaired) electrons. The first-order valence-corrected chi connectivity index (χ1v) is 6.99. The minimum absolute atomic E-state index is 0.0552. The highest BCUT2D eigenvalue weighted by Crippen LogP contribution is 2.35. The molecule has 0 bridgehead atoms. The number of alkyl halides is 4. The molecule has 1 amide bonds. The van der Waals surface area contributed by atoms with Gasteiger partial charge >= 0.3 is 6.18 Å². The summed E-state index contributed by atoms with van der Waals surface area (Å²) in [7, 11) is 0. The van der Waals surface area contributed by atoms with E-state index in [0.29, 0.717) is 6.07 Å². The molecule has 2 rings (SSSR count). The van der Waals surface area contributed by atoms with Crippen LogP contribution in [-0.4, -0.2) is 30.1 Å². The third kappa shape index (κ3) is 3.36. The zero-order chi connectivity index (χ0) is 15.8. The van der Waals surface area contributed by atoms with Gasteiger partial charge < -0.3 is 4.90 Å². The van der Waals surface area contributed by atoms with E-state index in [-0.39, 0.29) is 30.4 Å². The van der Waals surface area contributed by atoms with Crippen molar-refractivity contribution in [3.05, 3.63) is 33.5 Å². The molecule has 1 aliphatic heterocycles. The van der Waals surface area contributed by atoms with Crippen LogP contribution in [0.2, 0.25) is 0 Å². The summed E-state index contributed by atoms with van der Waals surface area (Å²) in [5.74, 6) is -2.47. The molecule has 1 aromatic rings. The van der Waals surface area contributed by atoms with Crippen molar-refractivity contribution in [3.8, 4) is 0 Å². The number of nitrogens with zero attached hydrogens (tertiary/aromatic N) is 1. The molecule has 1 aliphatic rings. The average molecular weight is 372 g/mol. The molecule has 1 heterocycles. The Hall–Kier alpha value is -1.18. The number of likely N-dealkylation sites (tertiary alicyclic amines) is 1. The van der Waals surface area contributed by atoms with E-state index in [4.69, 9.17) is 0 Å². The lowest BCUT2D eigenvalue weighted by molar-refractivity contribution is -0.140. The first-order chi connectivity index (χ1) is 9.71. The van der Waals surface area contributed by atoms with Crippen LogP contribution in [0, 0.1) is 5.82 Å². The van der Waals surface area contributed by atoms with E-state index < -0.39 is 35.2 Å². The van der Waals surface area contributed by atoms with E-state index in [2.05, 4.69) is 15.9 Å². The van der Waals surface area contributed by atoms with E-state index in [1.807, 2.05) is 0 Å². The summed E-state index contributed by atoms with van der Waals surface area (Å²) in [5, 5.41) is 0. The van der Waals surface area contributed by atoms with E-state index >= 15 is 0 Å². The number of amides is 1. The summed E-state index contributed by atoms with van der Waals surface area (Å²) in [5.41, 5.74) is -2.16. The van der Waals surface area contributed by atoms with Crippen molar-refractivity contribution in [2.24, 2.45) is 0 Å². The van der Waals surface area contributed by atoms with Gasteiger partial charge in [0.2, 0.25) is 0 Å². The third-order valence-electron chi connectivity index (χ3n) is 3.32. The van der Waals surface area contributed by atoms with Gasteiger partial charge in [-0.25, -0.2) is 8.78 Å². The molecule has 2 nitrogen and oxygen atoms in total. The second-order valence-corrected chi connectivity index (χ2v) is 5.60. The Morgan fingerprint density at radius 2 is 1.81 bits per heavy atom. The Balaban J connectivity index is 2.37. The molecule has 0 saturated carbocycles. The Morgan fingerprint density at radius 3 is 2.33 bits per heavy atom. The molecule has 0 aliphatic carbocycles. The van der Waals surface area contributed by atoms with Gasteiger partial charge in [0.25, 0.3) is 5.91 Å². The number of rotatable bonds is 1. The topological polar surface area (TPSA) is 20.3 Å². The van der Waals surface area contributed by atoms with Crippen LogP contribution in [-0.2, 0) is 6.18 Å². The first kappa shape index (κ1) is 16.2. The summed E-state index contributed by atoms with van der Waals surface area (Å²) >= 11 is 2.90. The molecule has 0 aromatic heterocycles. The molecule has 8 heteroatoms. The smallest absolute Gasteiger partial charge is 0.338 e. The molecular formula is C13H11BrF5NO. The molecule has 0 N–H and O–H groups in total. The second kappa shape index (κ2) is 5.90. The van der Waals surface area contributed by atoms with Gasteiger partial charge in [0.15, 0.2) is 0 Å². The number of carbonyl (C=O) groups excluding carboxylic acids is 1. The van der Waals surface area contributed by atoms with Crippen LogP contribution in [0.15, 0.2) is 16.6 Å². The summed E-state index contributed by atoms with van der Waals surface area (Å²) in [6.45, 7) is 0.115. The molecule has 0 atom stereocenters. The molecule has 116 valence electrons.